The minimum absolute atomic E-state index is 0.445. The fourth-order valence-electron chi connectivity index (χ4n) is 4.08. The lowest BCUT2D eigenvalue weighted by Gasteiger charge is -2.25. The third-order valence-corrected chi connectivity index (χ3v) is 5.53. The van der Waals surface area contributed by atoms with Gasteiger partial charge in [-0.15, -0.1) is 0 Å². The number of nitrogens with zero attached hydrogens (tertiary/aromatic N) is 2. The van der Waals surface area contributed by atoms with E-state index in [9.17, 15) is 4.79 Å². The average molecular weight is 375 g/mol. The van der Waals surface area contributed by atoms with Gasteiger partial charge in [-0.2, -0.15) is 0 Å². The van der Waals surface area contributed by atoms with E-state index >= 15 is 0 Å². The van der Waals surface area contributed by atoms with Crippen LogP contribution in [0.4, 0.5) is 0 Å². The predicted octanol–water partition coefficient (Wildman–Crippen LogP) is 4.00. The first-order valence-electron chi connectivity index (χ1n) is 9.74. The Labute approximate surface area is 164 Å². The number of hydrogen-bond donors (Lipinski definition) is 2. The Balaban J connectivity index is 1.42. The highest BCUT2D eigenvalue weighted by molar-refractivity contribution is 5.90. The average Bonchev–Trinajstić information content (AvgIpc) is 3.37. The number of aromatic nitrogens is 1. The zero-order valence-corrected chi connectivity index (χ0v) is 15.8. The zero-order chi connectivity index (χ0) is 19.3. The standard InChI is InChI=1S/C23H25N3O2/c27-23(24-28)12-9-18-7-10-20(11-8-18)22-6-3-14-25(22)16-17-26-15-13-19-4-1-2-5-21(19)26/h1-2,4-5,7-13,15,22,28H,3,6,14,16-17H2,(H,24,27)/t22-/m0/s1. The van der Waals surface area contributed by atoms with Crippen LogP contribution in [0.25, 0.3) is 17.0 Å². The largest absolute Gasteiger partial charge is 0.346 e. The maximum Gasteiger partial charge on any atom is 0.267 e. The van der Waals surface area contributed by atoms with Crippen LogP contribution in [0.3, 0.4) is 0 Å². The van der Waals surface area contributed by atoms with E-state index in [4.69, 9.17) is 5.21 Å². The number of rotatable bonds is 6. The summed E-state index contributed by atoms with van der Waals surface area (Å²) < 4.78 is 2.34. The van der Waals surface area contributed by atoms with Gasteiger partial charge in [-0.25, -0.2) is 5.48 Å². The summed E-state index contributed by atoms with van der Waals surface area (Å²) in [5.41, 5.74) is 5.15. The Kier molecular flexibility index (Phi) is 5.55. The number of fused-ring (bicyclic) bond motifs is 1. The summed E-state index contributed by atoms with van der Waals surface area (Å²) in [6.07, 6.45) is 7.58. The maximum atomic E-state index is 11.1. The first kappa shape index (κ1) is 18.5. The SMILES string of the molecule is O=C(C=Cc1ccc([C@@H]2CCCN2CCn2ccc3ccccc32)cc1)NO. The van der Waals surface area contributed by atoms with Crippen molar-refractivity contribution in [1.29, 1.82) is 0 Å². The molecule has 3 aromatic rings. The van der Waals surface area contributed by atoms with E-state index in [1.807, 2.05) is 12.1 Å². The molecule has 5 heteroatoms. The molecule has 1 aromatic heterocycles. The van der Waals surface area contributed by atoms with Gasteiger partial charge >= 0.3 is 0 Å². The first-order chi connectivity index (χ1) is 13.7. The number of likely N-dealkylation sites (tertiary alicyclic amines) is 1. The molecule has 2 N–H and O–H groups in total. The van der Waals surface area contributed by atoms with E-state index in [1.54, 1.807) is 11.6 Å². The van der Waals surface area contributed by atoms with Gasteiger partial charge in [-0.05, 0) is 54.1 Å². The van der Waals surface area contributed by atoms with Gasteiger partial charge in [0.25, 0.3) is 5.91 Å². The molecule has 1 atom stereocenters. The quantitative estimate of drug-likeness (QED) is 0.389. The number of carbonyl (C=O) groups excluding carboxylic acids is 1. The monoisotopic (exact) mass is 375 g/mol. The molecule has 28 heavy (non-hydrogen) atoms. The number of hydroxylamine groups is 1. The zero-order valence-electron chi connectivity index (χ0n) is 15.8. The predicted molar refractivity (Wildman–Crippen MR) is 111 cm³/mol. The molecule has 0 bridgehead atoms. The fraction of sp³-hybridized carbons (Fsp3) is 0.261. The van der Waals surface area contributed by atoms with Crippen LogP contribution in [0.5, 0.6) is 0 Å². The highest BCUT2D eigenvalue weighted by Gasteiger charge is 2.25. The summed E-state index contributed by atoms with van der Waals surface area (Å²) >= 11 is 0. The van der Waals surface area contributed by atoms with E-state index < -0.39 is 5.91 Å². The van der Waals surface area contributed by atoms with Crippen molar-refractivity contribution >= 4 is 22.9 Å². The molecule has 1 aliphatic rings. The Morgan fingerprint density at radius 1 is 1.11 bits per heavy atom. The van der Waals surface area contributed by atoms with Crippen molar-refractivity contribution in [3.63, 3.8) is 0 Å². The molecule has 0 spiro atoms. The summed E-state index contributed by atoms with van der Waals surface area (Å²) in [5.74, 6) is -0.524. The Morgan fingerprint density at radius 2 is 1.93 bits per heavy atom. The van der Waals surface area contributed by atoms with Crippen LogP contribution in [0.2, 0.25) is 0 Å². The van der Waals surface area contributed by atoms with Gasteiger partial charge in [0.15, 0.2) is 0 Å². The van der Waals surface area contributed by atoms with Crippen LogP contribution in [0.15, 0.2) is 66.9 Å². The molecule has 2 heterocycles. The highest BCUT2D eigenvalue weighted by Crippen LogP contribution is 2.32. The molecule has 0 saturated carbocycles. The number of nitrogens with one attached hydrogen (secondary N) is 1. The maximum absolute atomic E-state index is 11.1. The second kappa shape index (κ2) is 8.42. The molecule has 5 nitrogen and oxygen atoms in total. The van der Waals surface area contributed by atoms with E-state index in [0.29, 0.717) is 6.04 Å². The molecule has 0 unspecified atom stereocenters. The second-order valence-corrected chi connectivity index (χ2v) is 7.24. The van der Waals surface area contributed by atoms with Gasteiger partial charge in [-0.1, -0.05) is 42.5 Å². The van der Waals surface area contributed by atoms with Gasteiger partial charge in [-0.3, -0.25) is 14.9 Å². The summed E-state index contributed by atoms with van der Waals surface area (Å²) in [5, 5.41) is 9.84. The van der Waals surface area contributed by atoms with Gasteiger partial charge < -0.3 is 4.57 Å². The van der Waals surface area contributed by atoms with E-state index in [1.165, 1.54) is 35.4 Å². The number of carbonyl (C=O) groups is 1. The van der Waals surface area contributed by atoms with Crippen molar-refractivity contribution in [2.45, 2.75) is 25.4 Å². The molecule has 144 valence electrons. The van der Waals surface area contributed by atoms with Crippen molar-refractivity contribution in [2.24, 2.45) is 0 Å². The van der Waals surface area contributed by atoms with Crippen LogP contribution < -0.4 is 5.48 Å². The van der Waals surface area contributed by atoms with Gasteiger partial charge in [0.05, 0.1) is 0 Å². The van der Waals surface area contributed by atoms with Gasteiger partial charge in [0.1, 0.15) is 0 Å². The molecule has 0 radical (unpaired) electrons. The normalized spacial score (nSPS) is 17.5. The molecule has 1 aliphatic heterocycles. The number of para-hydroxylation sites is 1. The summed E-state index contributed by atoms with van der Waals surface area (Å²) in [4.78, 5) is 13.7. The molecular formula is C23H25N3O2. The van der Waals surface area contributed by atoms with Crippen molar-refractivity contribution in [3.05, 3.63) is 78.0 Å². The van der Waals surface area contributed by atoms with Gasteiger partial charge in [0.2, 0.25) is 0 Å². The Bertz CT molecular complexity index is 975. The molecular weight excluding hydrogens is 350 g/mol. The number of hydrogen-bond acceptors (Lipinski definition) is 3. The van der Waals surface area contributed by atoms with E-state index in [0.717, 1.165) is 25.2 Å². The smallest absolute Gasteiger partial charge is 0.267 e. The number of amides is 1. The third-order valence-electron chi connectivity index (χ3n) is 5.53. The molecule has 0 aliphatic carbocycles. The number of benzene rings is 2. The summed E-state index contributed by atoms with van der Waals surface area (Å²) in [7, 11) is 0. The van der Waals surface area contributed by atoms with Crippen LogP contribution in [-0.2, 0) is 11.3 Å². The van der Waals surface area contributed by atoms with E-state index in [-0.39, 0.29) is 0 Å². The topological polar surface area (TPSA) is 57.5 Å². The van der Waals surface area contributed by atoms with Crippen LogP contribution >= 0.6 is 0 Å². The van der Waals surface area contributed by atoms with Crippen LogP contribution in [0, 0.1) is 0 Å². The second-order valence-electron chi connectivity index (χ2n) is 7.24. The highest BCUT2D eigenvalue weighted by atomic mass is 16.5. The summed E-state index contributed by atoms with van der Waals surface area (Å²) in [6, 6.07) is 19.5. The molecule has 1 amide bonds. The minimum atomic E-state index is -0.524. The Hall–Kier alpha value is -2.89. The van der Waals surface area contributed by atoms with Crippen LogP contribution in [-0.4, -0.2) is 33.7 Å². The lowest BCUT2D eigenvalue weighted by atomic mass is 10.0. The molecule has 1 saturated heterocycles. The van der Waals surface area contributed by atoms with Crippen molar-refractivity contribution in [2.75, 3.05) is 13.1 Å². The molecule has 4 rings (SSSR count). The minimum Gasteiger partial charge on any atom is -0.346 e. The van der Waals surface area contributed by atoms with Crippen molar-refractivity contribution < 1.29 is 10.0 Å². The molecule has 2 aromatic carbocycles. The van der Waals surface area contributed by atoms with E-state index in [2.05, 4.69) is 58.1 Å². The lowest BCUT2D eigenvalue weighted by molar-refractivity contribution is -0.124. The van der Waals surface area contributed by atoms with Crippen LogP contribution in [0.1, 0.15) is 30.0 Å². The lowest BCUT2D eigenvalue weighted by Crippen LogP contribution is -2.27. The summed E-state index contributed by atoms with van der Waals surface area (Å²) in [6.45, 7) is 3.14. The van der Waals surface area contributed by atoms with Crippen molar-refractivity contribution in [1.82, 2.24) is 14.9 Å². The van der Waals surface area contributed by atoms with Gasteiger partial charge in [0, 0.05) is 36.9 Å². The fourth-order valence-corrected chi connectivity index (χ4v) is 4.08. The first-order valence-corrected chi connectivity index (χ1v) is 9.74. The Morgan fingerprint density at radius 3 is 2.75 bits per heavy atom. The molecule has 1 fully saturated rings. The third kappa shape index (κ3) is 4.01. The van der Waals surface area contributed by atoms with Crippen molar-refractivity contribution in [3.8, 4) is 0 Å².